The molecule has 11 heteroatoms. The molecule has 0 bridgehead atoms. The van der Waals surface area contributed by atoms with Gasteiger partial charge in [0.25, 0.3) is 5.91 Å². The second-order valence-corrected chi connectivity index (χ2v) is 10.6. The number of benzene rings is 1. The smallest absolute Gasteiger partial charge is 0.261 e. The number of nitrogens with one attached hydrogen (secondary N) is 2. The summed E-state index contributed by atoms with van der Waals surface area (Å²) in [5.41, 5.74) is 1.29. The maximum Gasteiger partial charge on any atom is 0.261 e. The number of rotatable bonds is 8. The molecule has 38 heavy (non-hydrogen) atoms. The van der Waals surface area contributed by atoms with E-state index in [1.54, 1.807) is 30.2 Å². The number of pyridine rings is 1. The van der Waals surface area contributed by atoms with Gasteiger partial charge in [0.1, 0.15) is 11.6 Å². The minimum atomic E-state index is -0.626. The minimum Gasteiger partial charge on any atom is -0.361 e. The van der Waals surface area contributed by atoms with E-state index in [9.17, 15) is 14.0 Å². The summed E-state index contributed by atoms with van der Waals surface area (Å²) in [6.07, 6.45) is 4.03. The Balaban J connectivity index is 1.31. The van der Waals surface area contributed by atoms with Gasteiger partial charge in [-0.2, -0.15) is 5.10 Å². The Hall–Kier alpha value is -3.53. The Bertz CT molecular complexity index is 1390. The van der Waals surface area contributed by atoms with Crippen LogP contribution < -0.4 is 10.2 Å². The summed E-state index contributed by atoms with van der Waals surface area (Å²) in [6, 6.07) is 4.61. The van der Waals surface area contributed by atoms with Crippen LogP contribution >= 0.6 is 11.6 Å². The molecular weight excluding hydrogens is 514 g/mol. The molecule has 1 aliphatic carbocycles. The van der Waals surface area contributed by atoms with Crippen molar-refractivity contribution in [2.75, 3.05) is 29.9 Å². The fraction of sp³-hybridized carbons (Fsp3) is 0.407. The van der Waals surface area contributed by atoms with Crippen LogP contribution in [0.5, 0.6) is 0 Å². The Morgan fingerprint density at radius 1 is 1.21 bits per heavy atom. The lowest BCUT2D eigenvalue weighted by atomic mass is 10.1. The second kappa shape index (κ2) is 10.3. The summed E-state index contributed by atoms with van der Waals surface area (Å²) in [4.78, 5) is 33.4. The topological polar surface area (TPSA) is 94.2 Å². The first-order chi connectivity index (χ1) is 18.2. The number of H-pyrrole nitrogens is 1. The van der Waals surface area contributed by atoms with Gasteiger partial charge in [0, 0.05) is 42.9 Å². The Kier molecular flexibility index (Phi) is 7.09. The Labute approximate surface area is 224 Å². The third kappa shape index (κ3) is 4.97. The van der Waals surface area contributed by atoms with Gasteiger partial charge in [-0.05, 0) is 44.2 Å². The highest BCUT2D eigenvalue weighted by Crippen LogP contribution is 2.40. The fourth-order valence-electron chi connectivity index (χ4n) is 4.79. The van der Waals surface area contributed by atoms with Gasteiger partial charge in [-0.3, -0.25) is 19.6 Å². The van der Waals surface area contributed by atoms with Crippen LogP contribution in [-0.4, -0.2) is 57.6 Å². The molecule has 5 rings (SSSR count). The average molecular weight is 543 g/mol. The third-order valence-corrected chi connectivity index (χ3v) is 7.70. The number of aromatic nitrogens is 3. The number of carbonyl (C=O) groups excluding carboxylic acids is 2. The number of halogens is 3. The van der Waals surface area contributed by atoms with Crippen molar-refractivity contribution in [3.8, 4) is 0 Å². The molecule has 3 heterocycles. The Morgan fingerprint density at radius 2 is 1.95 bits per heavy atom. The van der Waals surface area contributed by atoms with Gasteiger partial charge in [-0.15, -0.1) is 0 Å². The van der Waals surface area contributed by atoms with Crippen LogP contribution in [0.25, 0.3) is 0 Å². The van der Waals surface area contributed by atoms with Gasteiger partial charge in [0.15, 0.2) is 11.6 Å². The summed E-state index contributed by atoms with van der Waals surface area (Å²) in [6.45, 7) is 6.47. The first kappa shape index (κ1) is 26.1. The molecule has 1 saturated carbocycles. The first-order valence-corrected chi connectivity index (χ1v) is 13.0. The molecule has 1 aromatic carbocycles. The highest BCUT2D eigenvalue weighted by molar-refractivity contribution is 6.30. The van der Waals surface area contributed by atoms with E-state index < -0.39 is 17.5 Å². The number of hydrogen-bond acceptors (Lipinski definition) is 5. The zero-order valence-corrected chi connectivity index (χ0v) is 22.1. The highest BCUT2D eigenvalue weighted by atomic mass is 35.5. The quantitative estimate of drug-likeness (QED) is 0.436. The molecule has 1 aliphatic heterocycles. The molecule has 2 unspecified atom stereocenters. The van der Waals surface area contributed by atoms with E-state index in [4.69, 9.17) is 11.6 Å². The molecule has 2 fully saturated rings. The van der Waals surface area contributed by atoms with E-state index >= 15 is 4.39 Å². The highest BCUT2D eigenvalue weighted by Gasteiger charge is 2.44. The first-order valence-electron chi connectivity index (χ1n) is 12.6. The van der Waals surface area contributed by atoms with Crippen molar-refractivity contribution in [1.29, 1.82) is 0 Å². The number of aromatic amines is 1. The van der Waals surface area contributed by atoms with Crippen molar-refractivity contribution in [3.63, 3.8) is 0 Å². The van der Waals surface area contributed by atoms with Crippen LogP contribution in [0.1, 0.15) is 40.4 Å². The van der Waals surface area contributed by atoms with Crippen molar-refractivity contribution >= 4 is 35.1 Å². The standard InChI is InChI=1S/C27H29ClF2N6O2/c1-14-9-19(14)26(37)35-12-18(13-35)33-24-22(29)16(3)20(11-31-24)27(38)36(25-15(2)10-32-34-25)8-7-17-5-4-6-21(28)23(17)30/h4-6,10-11,14,18-19H,7-9,12-13H2,1-3H3,(H,31,33)(H,32,34). The fourth-order valence-corrected chi connectivity index (χ4v) is 4.98. The number of carbonyl (C=O) groups is 2. The lowest BCUT2D eigenvalue weighted by molar-refractivity contribution is -0.136. The van der Waals surface area contributed by atoms with E-state index in [0.29, 0.717) is 36.0 Å². The zero-order chi connectivity index (χ0) is 27.1. The van der Waals surface area contributed by atoms with Crippen molar-refractivity contribution in [3.05, 3.63) is 69.5 Å². The SMILES string of the molecule is Cc1cn[nH]c1N(CCc1cccc(Cl)c1F)C(=O)c1cnc(NC2CN(C(=O)C3CC3C)C2)c(F)c1C. The third-order valence-electron chi connectivity index (χ3n) is 7.41. The van der Waals surface area contributed by atoms with Crippen molar-refractivity contribution in [2.45, 2.75) is 39.7 Å². The Morgan fingerprint density at radius 3 is 2.61 bits per heavy atom. The van der Waals surface area contributed by atoms with Crippen molar-refractivity contribution in [1.82, 2.24) is 20.1 Å². The van der Waals surface area contributed by atoms with Crippen molar-refractivity contribution < 1.29 is 18.4 Å². The zero-order valence-electron chi connectivity index (χ0n) is 21.4. The van der Waals surface area contributed by atoms with Gasteiger partial charge in [-0.25, -0.2) is 13.8 Å². The molecule has 3 aromatic rings. The van der Waals surface area contributed by atoms with E-state index in [0.717, 1.165) is 6.42 Å². The van der Waals surface area contributed by atoms with E-state index in [2.05, 4.69) is 27.4 Å². The number of aryl methyl sites for hydroxylation is 1. The van der Waals surface area contributed by atoms with Crippen LogP contribution in [0.3, 0.4) is 0 Å². The summed E-state index contributed by atoms with van der Waals surface area (Å²) >= 11 is 5.91. The molecule has 0 radical (unpaired) electrons. The van der Waals surface area contributed by atoms with Gasteiger partial charge in [-0.1, -0.05) is 30.7 Å². The summed E-state index contributed by atoms with van der Waals surface area (Å²) in [5.74, 6) is -0.457. The van der Waals surface area contributed by atoms with Gasteiger partial charge in [0.2, 0.25) is 5.91 Å². The molecular formula is C27H29ClF2N6O2. The molecule has 2 aliphatic rings. The van der Waals surface area contributed by atoms with Gasteiger partial charge >= 0.3 is 0 Å². The molecule has 2 N–H and O–H groups in total. The normalized spacial score (nSPS) is 18.7. The molecule has 2 amide bonds. The monoisotopic (exact) mass is 542 g/mol. The van der Waals surface area contributed by atoms with Crippen LogP contribution in [0, 0.1) is 37.3 Å². The second-order valence-electron chi connectivity index (χ2n) is 10.2. The summed E-state index contributed by atoms with van der Waals surface area (Å²) in [5, 5.41) is 9.88. The molecule has 1 saturated heterocycles. The molecule has 2 atom stereocenters. The van der Waals surface area contributed by atoms with E-state index in [1.807, 2.05) is 0 Å². The number of amides is 2. The maximum atomic E-state index is 15.4. The predicted octanol–water partition coefficient (Wildman–Crippen LogP) is 4.52. The van der Waals surface area contributed by atoms with E-state index in [1.165, 1.54) is 24.1 Å². The lowest BCUT2D eigenvalue weighted by Gasteiger charge is -2.40. The van der Waals surface area contributed by atoms with Crippen LogP contribution in [0.15, 0.2) is 30.6 Å². The number of hydrogen-bond donors (Lipinski definition) is 2. The summed E-state index contributed by atoms with van der Waals surface area (Å²) < 4.78 is 29.8. The maximum absolute atomic E-state index is 15.4. The molecule has 2 aromatic heterocycles. The van der Waals surface area contributed by atoms with Gasteiger partial charge in [0.05, 0.1) is 22.8 Å². The molecule has 200 valence electrons. The average Bonchev–Trinajstić information content (AvgIpc) is 3.46. The predicted molar refractivity (Wildman–Crippen MR) is 140 cm³/mol. The number of nitrogens with zero attached hydrogens (tertiary/aromatic N) is 4. The largest absolute Gasteiger partial charge is 0.361 e. The minimum absolute atomic E-state index is 0.00403. The number of anilines is 2. The summed E-state index contributed by atoms with van der Waals surface area (Å²) in [7, 11) is 0. The van der Waals surface area contributed by atoms with Crippen LogP contribution in [0.4, 0.5) is 20.4 Å². The van der Waals surface area contributed by atoms with Crippen LogP contribution in [-0.2, 0) is 11.2 Å². The molecule has 8 nitrogen and oxygen atoms in total. The molecule has 0 spiro atoms. The van der Waals surface area contributed by atoms with E-state index in [-0.39, 0.29) is 52.8 Å². The van der Waals surface area contributed by atoms with Gasteiger partial charge < -0.3 is 10.2 Å². The van der Waals surface area contributed by atoms with Crippen LogP contribution in [0.2, 0.25) is 5.02 Å². The lowest BCUT2D eigenvalue weighted by Crippen LogP contribution is -2.57. The number of likely N-dealkylation sites (tertiary alicyclic amines) is 1. The van der Waals surface area contributed by atoms with Crippen molar-refractivity contribution in [2.24, 2.45) is 11.8 Å².